The summed E-state index contributed by atoms with van der Waals surface area (Å²) in [7, 11) is 6.84. The molecule has 1 unspecified atom stereocenters. The number of hydrogen-bond acceptors (Lipinski definition) is 10. The Balaban J connectivity index is 0.00000237. The van der Waals surface area contributed by atoms with Gasteiger partial charge in [0.25, 0.3) is 5.91 Å². The lowest BCUT2D eigenvalue weighted by Crippen LogP contribution is -2.65. The summed E-state index contributed by atoms with van der Waals surface area (Å²) in [6, 6.07) is 0.735. The number of aromatic hydroxyl groups is 1. The van der Waals surface area contributed by atoms with Gasteiger partial charge in [-0.05, 0) is 49.9 Å². The van der Waals surface area contributed by atoms with E-state index in [1.165, 1.54) is 4.90 Å². The number of fused-ring (bicyclic) bond motifs is 3. The average Bonchev–Trinajstić information content (AvgIpc) is 2.87. The van der Waals surface area contributed by atoms with Gasteiger partial charge < -0.3 is 36.4 Å². The maximum Gasteiger partial charge on any atom is 0.255 e. The molecule has 42 heavy (non-hydrogen) atoms. The fraction of sp³-hybridized carbons (Fsp3) is 0.516. The van der Waals surface area contributed by atoms with Crippen molar-refractivity contribution < 1.29 is 34.8 Å². The number of rotatable bonds is 6. The van der Waals surface area contributed by atoms with Gasteiger partial charge in [0.1, 0.15) is 22.8 Å². The molecule has 1 fully saturated rings. The van der Waals surface area contributed by atoms with Crippen molar-refractivity contribution in [3.63, 3.8) is 0 Å². The third-order valence-electron chi connectivity index (χ3n) is 8.23. The second-order valence-corrected chi connectivity index (χ2v) is 12.8. The van der Waals surface area contributed by atoms with Crippen molar-refractivity contribution in [2.24, 2.45) is 23.0 Å². The molecule has 0 aromatic heterocycles. The number of amides is 1. The molecule has 11 heteroatoms. The number of aliphatic hydroxyl groups is 3. The summed E-state index contributed by atoms with van der Waals surface area (Å²) in [5, 5.41) is 49.0. The molecule has 4 rings (SSSR count). The Morgan fingerprint density at radius 2 is 1.74 bits per heavy atom. The molecular formula is C31H42N4O7. The predicted molar refractivity (Wildman–Crippen MR) is 160 cm³/mol. The van der Waals surface area contributed by atoms with E-state index < -0.39 is 58.0 Å². The Bertz CT molecular complexity index is 1400. The van der Waals surface area contributed by atoms with E-state index in [0.717, 1.165) is 5.69 Å². The van der Waals surface area contributed by atoms with Gasteiger partial charge in [-0.2, -0.15) is 0 Å². The standard InChI is InChI=1S/C29H40N4O7.C2H2/c1-28(2,3)12-31-11-14-10-17(32(4)5)15-8-13-9-16-21(33(6)7)24(36)20(27(30)39)26(38)29(16,40)25(37)18(13)23(35)19(15)22(14)34;1-2/h10,13,16,21,31,34-35,38,40H,8-9,11-12H2,1-7H3,(H2,30,39);1-2H/t13-,16-,21?,29-;/m0./s1. The molecule has 11 nitrogen and oxygen atoms in total. The summed E-state index contributed by atoms with van der Waals surface area (Å²) >= 11 is 0. The van der Waals surface area contributed by atoms with Crippen molar-refractivity contribution in [2.75, 3.05) is 39.6 Å². The number of ketones is 2. The normalized spacial score (nSPS) is 25.4. The van der Waals surface area contributed by atoms with Crippen molar-refractivity contribution in [3.05, 3.63) is 39.7 Å². The van der Waals surface area contributed by atoms with Crippen LogP contribution in [0.4, 0.5) is 5.69 Å². The summed E-state index contributed by atoms with van der Waals surface area (Å²) in [6.07, 6.45) is 8.29. The van der Waals surface area contributed by atoms with Gasteiger partial charge in [-0.3, -0.25) is 19.3 Å². The van der Waals surface area contributed by atoms with Crippen LogP contribution < -0.4 is 16.0 Å². The smallest absolute Gasteiger partial charge is 0.255 e. The van der Waals surface area contributed by atoms with Crippen LogP contribution >= 0.6 is 0 Å². The molecule has 1 saturated carbocycles. The molecule has 3 aliphatic rings. The van der Waals surface area contributed by atoms with Crippen LogP contribution in [0.2, 0.25) is 0 Å². The first-order chi connectivity index (χ1) is 19.4. The highest BCUT2D eigenvalue weighted by Gasteiger charge is 2.64. The minimum Gasteiger partial charge on any atom is -0.508 e. The van der Waals surface area contributed by atoms with E-state index in [1.54, 1.807) is 14.1 Å². The van der Waals surface area contributed by atoms with Crippen molar-refractivity contribution in [3.8, 4) is 18.6 Å². The minimum absolute atomic E-state index is 0.00285. The fourth-order valence-electron chi connectivity index (χ4n) is 6.45. The Morgan fingerprint density at radius 3 is 2.24 bits per heavy atom. The quantitative estimate of drug-likeness (QED) is 0.212. The van der Waals surface area contributed by atoms with Crippen LogP contribution in [0.25, 0.3) is 5.76 Å². The molecule has 1 amide bonds. The second kappa shape index (κ2) is 11.4. The van der Waals surface area contributed by atoms with Crippen molar-refractivity contribution in [1.29, 1.82) is 0 Å². The number of nitrogens with one attached hydrogen (secondary N) is 1. The van der Waals surface area contributed by atoms with E-state index in [4.69, 9.17) is 5.73 Å². The summed E-state index contributed by atoms with van der Waals surface area (Å²) in [4.78, 5) is 42.8. The molecule has 0 saturated heterocycles. The highest BCUT2D eigenvalue weighted by molar-refractivity contribution is 6.24. The predicted octanol–water partition coefficient (Wildman–Crippen LogP) is 1.42. The third kappa shape index (κ3) is 5.15. The van der Waals surface area contributed by atoms with Gasteiger partial charge in [-0.25, -0.2) is 0 Å². The number of hydrogen-bond donors (Lipinski definition) is 6. The van der Waals surface area contributed by atoms with E-state index in [1.807, 2.05) is 25.1 Å². The van der Waals surface area contributed by atoms with Gasteiger partial charge in [0.2, 0.25) is 5.78 Å². The zero-order valence-corrected chi connectivity index (χ0v) is 25.3. The van der Waals surface area contributed by atoms with Gasteiger partial charge in [0.15, 0.2) is 11.4 Å². The number of Topliss-reactive ketones (excluding diaryl/α,β-unsaturated/α-hetero) is 2. The number of benzene rings is 1. The second-order valence-electron chi connectivity index (χ2n) is 12.8. The van der Waals surface area contributed by atoms with Crippen molar-refractivity contribution in [1.82, 2.24) is 10.2 Å². The molecule has 228 valence electrons. The molecule has 4 atom stereocenters. The molecule has 3 aliphatic carbocycles. The highest BCUT2D eigenvalue weighted by Crippen LogP contribution is 2.54. The number of terminal acetylenes is 1. The van der Waals surface area contributed by atoms with Crippen LogP contribution in [0, 0.1) is 30.1 Å². The van der Waals surface area contributed by atoms with E-state index in [9.17, 15) is 34.8 Å². The third-order valence-corrected chi connectivity index (χ3v) is 8.23. The first kappa shape index (κ1) is 32.7. The van der Waals surface area contributed by atoms with Gasteiger partial charge in [0.05, 0.1) is 11.6 Å². The minimum atomic E-state index is -2.66. The number of carbonyl (C=O) groups excluding carboxylic acids is 3. The zero-order valence-electron chi connectivity index (χ0n) is 25.3. The Hall–Kier alpha value is -3.85. The number of anilines is 1. The molecule has 0 spiro atoms. The Kier molecular flexibility index (Phi) is 8.89. The summed E-state index contributed by atoms with van der Waals surface area (Å²) < 4.78 is 0. The SMILES string of the molecule is C#C.CN(C)c1cc(CNCC(C)(C)C)c(O)c2c1C[C@H]1C[C@H]3C(N(C)C)C(=O)C(C(N)=O)=C(O)[C@@]3(O)C(=O)C1=C2O. The molecule has 0 aliphatic heterocycles. The Labute approximate surface area is 246 Å². The summed E-state index contributed by atoms with van der Waals surface area (Å²) in [5.41, 5.74) is 3.73. The molecular weight excluding hydrogens is 540 g/mol. The number of likely N-dealkylation sites (N-methyl/N-ethyl adjacent to an activating group) is 1. The van der Waals surface area contributed by atoms with Gasteiger partial charge in [-0.1, -0.05) is 20.8 Å². The maximum absolute atomic E-state index is 14.0. The summed E-state index contributed by atoms with van der Waals surface area (Å²) in [5.74, 6) is -6.55. The first-order valence-corrected chi connectivity index (χ1v) is 13.7. The fourth-order valence-corrected chi connectivity index (χ4v) is 6.45. The molecule has 1 aromatic rings. The van der Waals surface area contributed by atoms with Gasteiger partial charge >= 0.3 is 0 Å². The van der Waals surface area contributed by atoms with Crippen LogP contribution in [0.3, 0.4) is 0 Å². The number of carbonyl (C=O) groups is 3. The van der Waals surface area contributed by atoms with Crippen LogP contribution in [0.15, 0.2) is 23.0 Å². The lowest BCUT2D eigenvalue weighted by Gasteiger charge is -2.50. The van der Waals surface area contributed by atoms with E-state index in [0.29, 0.717) is 24.2 Å². The highest BCUT2D eigenvalue weighted by atomic mass is 16.3. The average molecular weight is 583 g/mol. The Morgan fingerprint density at radius 1 is 1.14 bits per heavy atom. The number of aliphatic hydroxyl groups excluding tert-OH is 2. The molecule has 0 heterocycles. The molecule has 7 N–H and O–H groups in total. The zero-order chi connectivity index (χ0) is 32.1. The number of nitrogens with zero attached hydrogens (tertiary/aromatic N) is 2. The number of primary amides is 1. The van der Waals surface area contributed by atoms with E-state index in [2.05, 4.69) is 38.9 Å². The van der Waals surface area contributed by atoms with Gasteiger partial charge in [-0.15, -0.1) is 12.8 Å². The number of phenols is 1. The van der Waals surface area contributed by atoms with Crippen molar-refractivity contribution >= 4 is 28.9 Å². The van der Waals surface area contributed by atoms with Crippen LogP contribution in [0.1, 0.15) is 43.9 Å². The lowest BCUT2D eigenvalue weighted by molar-refractivity contribution is -0.153. The van der Waals surface area contributed by atoms with Crippen LogP contribution in [-0.2, 0) is 27.3 Å². The van der Waals surface area contributed by atoms with Crippen LogP contribution in [-0.4, -0.2) is 89.2 Å². The largest absolute Gasteiger partial charge is 0.508 e. The number of nitrogens with two attached hydrogens (primary N) is 1. The maximum atomic E-state index is 14.0. The van der Waals surface area contributed by atoms with Crippen molar-refractivity contribution in [2.45, 2.75) is 51.8 Å². The van der Waals surface area contributed by atoms with Crippen LogP contribution in [0.5, 0.6) is 5.75 Å². The summed E-state index contributed by atoms with van der Waals surface area (Å²) in [6.45, 7) is 7.21. The topological polar surface area (TPSA) is 177 Å². The van der Waals surface area contributed by atoms with Gasteiger partial charge in [0, 0.05) is 49.9 Å². The van der Waals surface area contributed by atoms with E-state index >= 15 is 0 Å². The lowest BCUT2D eigenvalue weighted by atomic mass is 9.57. The first-order valence-electron chi connectivity index (χ1n) is 13.7. The molecule has 0 bridgehead atoms. The monoisotopic (exact) mass is 582 g/mol. The number of phenolic OH excluding ortho intramolecular Hbond substituents is 1. The van der Waals surface area contributed by atoms with E-state index in [-0.39, 0.29) is 35.1 Å². The molecule has 1 aromatic carbocycles. The molecule has 0 radical (unpaired) electrons.